The van der Waals surface area contributed by atoms with E-state index in [4.69, 9.17) is 16.2 Å². The predicted octanol–water partition coefficient (Wildman–Crippen LogP) is 0.927. The van der Waals surface area contributed by atoms with Crippen molar-refractivity contribution < 1.29 is 9.53 Å². The lowest BCUT2D eigenvalue weighted by atomic mass is 10.0. The van der Waals surface area contributed by atoms with Gasteiger partial charge in [0.15, 0.2) is 0 Å². The van der Waals surface area contributed by atoms with E-state index in [9.17, 15) is 4.79 Å². The minimum absolute atomic E-state index is 0.172. The van der Waals surface area contributed by atoms with Crippen LogP contribution in [0.3, 0.4) is 0 Å². The SMILES string of the molecule is COc1ccc(C(C(C)N)n2cc(C(N)=O)cn2)cc1. The Morgan fingerprint density at radius 3 is 2.45 bits per heavy atom. The quantitative estimate of drug-likeness (QED) is 0.847. The van der Waals surface area contributed by atoms with Gasteiger partial charge in [-0.2, -0.15) is 5.10 Å². The molecule has 2 unspecified atom stereocenters. The Morgan fingerprint density at radius 2 is 2.00 bits per heavy atom. The zero-order valence-electron chi connectivity index (χ0n) is 11.5. The number of benzene rings is 1. The van der Waals surface area contributed by atoms with Gasteiger partial charge in [-0.1, -0.05) is 12.1 Å². The molecule has 1 aromatic heterocycles. The van der Waals surface area contributed by atoms with Gasteiger partial charge in [0.1, 0.15) is 5.75 Å². The van der Waals surface area contributed by atoms with Crippen LogP contribution < -0.4 is 16.2 Å². The molecule has 4 N–H and O–H groups in total. The Bertz CT molecular complexity index is 589. The van der Waals surface area contributed by atoms with Crippen molar-refractivity contribution in [1.29, 1.82) is 0 Å². The van der Waals surface area contributed by atoms with E-state index in [0.717, 1.165) is 11.3 Å². The van der Waals surface area contributed by atoms with Crippen molar-refractivity contribution >= 4 is 5.91 Å². The topological polar surface area (TPSA) is 96.2 Å². The Morgan fingerprint density at radius 1 is 1.35 bits per heavy atom. The zero-order chi connectivity index (χ0) is 14.7. The number of hydrogen-bond donors (Lipinski definition) is 2. The molecule has 0 saturated carbocycles. The normalized spacial score (nSPS) is 13.8. The third kappa shape index (κ3) is 2.80. The molecule has 0 saturated heterocycles. The lowest BCUT2D eigenvalue weighted by molar-refractivity contribution is 0.1000. The molecule has 0 bridgehead atoms. The van der Waals surface area contributed by atoms with Crippen molar-refractivity contribution in [2.75, 3.05) is 7.11 Å². The molecule has 0 aliphatic rings. The number of aromatic nitrogens is 2. The minimum Gasteiger partial charge on any atom is -0.497 e. The molecule has 2 aromatic rings. The molecular weight excluding hydrogens is 256 g/mol. The van der Waals surface area contributed by atoms with Crippen LogP contribution in [0.5, 0.6) is 5.75 Å². The van der Waals surface area contributed by atoms with E-state index < -0.39 is 5.91 Å². The summed E-state index contributed by atoms with van der Waals surface area (Å²) < 4.78 is 6.80. The van der Waals surface area contributed by atoms with E-state index >= 15 is 0 Å². The molecule has 20 heavy (non-hydrogen) atoms. The average Bonchev–Trinajstić information content (AvgIpc) is 2.89. The number of primary amides is 1. The maximum absolute atomic E-state index is 11.1. The van der Waals surface area contributed by atoms with Crippen molar-refractivity contribution in [2.24, 2.45) is 11.5 Å². The fraction of sp³-hybridized carbons (Fsp3) is 0.286. The molecule has 6 heteroatoms. The molecule has 0 aliphatic heterocycles. The van der Waals surface area contributed by atoms with E-state index in [-0.39, 0.29) is 12.1 Å². The first-order valence-electron chi connectivity index (χ1n) is 6.26. The number of carbonyl (C=O) groups is 1. The lowest BCUT2D eigenvalue weighted by Gasteiger charge is -2.22. The first-order valence-corrected chi connectivity index (χ1v) is 6.26. The van der Waals surface area contributed by atoms with E-state index in [2.05, 4.69) is 5.10 Å². The van der Waals surface area contributed by atoms with Crippen LogP contribution in [0.25, 0.3) is 0 Å². The third-order valence-electron chi connectivity index (χ3n) is 3.13. The van der Waals surface area contributed by atoms with Gasteiger partial charge in [0.2, 0.25) is 0 Å². The Hall–Kier alpha value is -2.34. The summed E-state index contributed by atoms with van der Waals surface area (Å²) in [5.41, 5.74) is 12.6. The second-order valence-corrected chi connectivity index (χ2v) is 4.65. The summed E-state index contributed by atoms with van der Waals surface area (Å²) in [4.78, 5) is 11.1. The van der Waals surface area contributed by atoms with E-state index in [1.165, 1.54) is 6.20 Å². The molecule has 0 aliphatic carbocycles. The van der Waals surface area contributed by atoms with Crippen LogP contribution in [0.1, 0.15) is 28.9 Å². The molecule has 1 amide bonds. The minimum atomic E-state index is -0.505. The summed E-state index contributed by atoms with van der Waals surface area (Å²) in [6.45, 7) is 1.89. The molecule has 2 atom stereocenters. The Kier molecular flexibility index (Phi) is 4.05. The summed E-state index contributed by atoms with van der Waals surface area (Å²) in [7, 11) is 1.62. The number of ether oxygens (including phenoxy) is 1. The largest absolute Gasteiger partial charge is 0.497 e. The molecule has 0 fully saturated rings. The lowest BCUT2D eigenvalue weighted by Crippen LogP contribution is -2.30. The average molecular weight is 274 g/mol. The molecule has 6 nitrogen and oxygen atoms in total. The second kappa shape index (κ2) is 5.75. The summed E-state index contributed by atoms with van der Waals surface area (Å²) in [5, 5.41) is 4.18. The maximum atomic E-state index is 11.1. The van der Waals surface area contributed by atoms with Crippen molar-refractivity contribution in [2.45, 2.75) is 19.0 Å². The van der Waals surface area contributed by atoms with Crippen LogP contribution in [-0.2, 0) is 0 Å². The number of methoxy groups -OCH3 is 1. The zero-order valence-corrected chi connectivity index (χ0v) is 11.5. The predicted molar refractivity (Wildman–Crippen MR) is 75.5 cm³/mol. The van der Waals surface area contributed by atoms with Crippen LogP contribution in [-0.4, -0.2) is 28.8 Å². The van der Waals surface area contributed by atoms with Crippen molar-refractivity contribution in [3.05, 3.63) is 47.8 Å². The van der Waals surface area contributed by atoms with Crippen molar-refractivity contribution in [3.8, 4) is 5.75 Å². The number of amides is 1. The van der Waals surface area contributed by atoms with E-state index in [0.29, 0.717) is 5.56 Å². The Balaban J connectivity index is 2.36. The fourth-order valence-electron chi connectivity index (χ4n) is 2.12. The van der Waals surface area contributed by atoms with E-state index in [1.807, 2.05) is 31.2 Å². The molecule has 2 rings (SSSR count). The highest BCUT2D eigenvalue weighted by Crippen LogP contribution is 2.23. The Labute approximate surface area is 117 Å². The third-order valence-corrected chi connectivity index (χ3v) is 3.13. The van der Waals surface area contributed by atoms with Crippen LogP contribution in [0, 0.1) is 0 Å². The molecular formula is C14H18N4O2. The van der Waals surface area contributed by atoms with Gasteiger partial charge in [0.25, 0.3) is 5.91 Å². The van der Waals surface area contributed by atoms with Crippen molar-refractivity contribution in [3.63, 3.8) is 0 Å². The van der Waals surface area contributed by atoms with Crippen molar-refractivity contribution in [1.82, 2.24) is 9.78 Å². The number of nitrogens with zero attached hydrogens (tertiary/aromatic N) is 2. The van der Waals surface area contributed by atoms with Gasteiger partial charge in [-0.15, -0.1) is 0 Å². The highest BCUT2D eigenvalue weighted by Gasteiger charge is 2.20. The molecule has 1 heterocycles. The summed E-state index contributed by atoms with van der Waals surface area (Å²) in [6, 6.07) is 7.24. The standard InChI is InChI=1S/C14H18N4O2/c1-9(15)13(10-3-5-12(20-2)6-4-10)18-8-11(7-17-18)14(16)19/h3-9,13H,15H2,1-2H3,(H2,16,19). The van der Waals surface area contributed by atoms with Gasteiger partial charge in [-0.05, 0) is 24.6 Å². The molecule has 0 radical (unpaired) electrons. The number of carbonyl (C=O) groups excluding carboxylic acids is 1. The number of rotatable bonds is 5. The maximum Gasteiger partial charge on any atom is 0.251 e. The molecule has 0 spiro atoms. The van der Waals surface area contributed by atoms with Gasteiger partial charge in [-0.25, -0.2) is 0 Å². The first-order chi connectivity index (χ1) is 9.52. The summed E-state index contributed by atoms with van der Waals surface area (Å²) in [6.07, 6.45) is 3.06. The van der Waals surface area contributed by atoms with Crippen LogP contribution in [0.4, 0.5) is 0 Å². The van der Waals surface area contributed by atoms with Gasteiger partial charge in [0.05, 0.1) is 24.9 Å². The van der Waals surface area contributed by atoms with Gasteiger partial charge < -0.3 is 16.2 Å². The summed E-state index contributed by atoms with van der Waals surface area (Å²) in [5.74, 6) is 0.268. The molecule has 106 valence electrons. The molecule has 1 aromatic carbocycles. The fourth-order valence-corrected chi connectivity index (χ4v) is 2.12. The van der Waals surface area contributed by atoms with Crippen LogP contribution >= 0.6 is 0 Å². The first kappa shape index (κ1) is 14.1. The van der Waals surface area contributed by atoms with E-state index in [1.54, 1.807) is 18.0 Å². The second-order valence-electron chi connectivity index (χ2n) is 4.65. The smallest absolute Gasteiger partial charge is 0.251 e. The number of hydrogen-bond acceptors (Lipinski definition) is 4. The number of nitrogens with two attached hydrogens (primary N) is 2. The monoisotopic (exact) mass is 274 g/mol. The van der Waals surface area contributed by atoms with Crippen LogP contribution in [0.2, 0.25) is 0 Å². The summed E-state index contributed by atoms with van der Waals surface area (Å²) >= 11 is 0. The highest BCUT2D eigenvalue weighted by molar-refractivity contribution is 5.92. The van der Waals surface area contributed by atoms with Gasteiger partial charge >= 0.3 is 0 Å². The van der Waals surface area contributed by atoms with Gasteiger partial charge in [0, 0.05) is 12.2 Å². The highest BCUT2D eigenvalue weighted by atomic mass is 16.5. The van der Waals surface area contributed by atoms with Crippen LogP contribution in [0.15, 0.2) is 36.7 Å². The van der Waals surface area contributed by atoms with Gasteiger partial charge in [-0.3, -0.25) is 9.48 Å².